The Bertz CT molecular complexity index is 1530. The van der Waals surface area contributed by atoms with Gasteiger partial charge in [-0.05, 0) is 43.5 Å². The van der Waals surface area contributed by atoms with Gasteiger partial charge in [0.05, 0.1) is 36.4 Å². The lowest BCUT2D eigenvalue weighted by atomic mass is 10.0. The van der Waals surface area contributed by atoms with Gasteiger partial charge >= 0.3 is 0 Å². The molecule has 4 heterocycles. The maximum absolute atomic E-state index is 13.4. The Morgan fingerprint density at radius 3 is 2.60 bits per heavy atom. The number of methoxy groups -OCH3 is 1. The fourth-order valence-corrected chi connectivity index (χ4v) is 6.03. The molecule has 0 saturated carbocycles. The van der Waals surface area contributed by atoms with Crippen LogP contribution in [0.5, 0.6) is 5.75 Å². The zero-order chi connectivity index (χ0) is 29.1. The number of halogens is 1. The number of fused-ring (bicyclic) bond motifs is 1. The minimum Gasteiger partial charge on any atom is -0.495 e. The van der Waals surface area contributed by atoms with Crippen molar-refractivity contribution in [3.63, 3.8) is 0 Å². The Morgan fingerprint density at radius 1 is 1.10 bits per heavy atom. The minimum atomic E-state index is -0.0121. The summed E-state index contributed by atoms with van der Waals surface area (Å²) in [5.41, 5.74) is 2.97. The van der Waals surface area contributed by atoms with Crippen LogP contribution >= 0.6 is 11.6 Å². The summed E-state index contributed by atoms with van der Waals surface area (Å²) in [6.07, 6.45) is 3.66. The Labute approximate surface area is 250 Å². The van der Waals surface area contributed by atoms with E-state index in [4.69, 9.17) is 26.1 Å². The number of nitrogens with one attached hydrogen (secondary N) is 3. The van der Waals surface area contributed by atoms with E-state index in [-0.39, 0.29) is 11.9 Å². The van der Waals surface area contributed by atoms with Crippen LogP contribution < -0.4 is 15.4 Å². The highest BCUT2D eigenvalue weighted by molar-refractivity contribution is 6.36. The standard InChI is InChI=1S/C31H36ClN7O3/c1-20(21-6-4-3-5-7-21)34-29-27-24(32)19-33-28(27)36-31(37-29)35-25-9-8-22(18-26(25)41-2)30(40)39-12-10-23(11-13-39)38-14-16-42-17-15-38/h3-9,18-20,23H,10-17H2,1-2H3,(H3,33,34,35,36,37)/t20-/m0/s1. The molecule has 2 aliphatic heterocycles. The fourth-order valence-electron chi connectivity index (χ4n) is 5.79. The molecule has 0 spiro atoms. The molecule has 2 aliphatic rings. The third-order valence-electron chi connectivity index (χ3n) is 8.14. The van der Waals surface area contributed by atoms with E-state index in [2.05, 4.69) is 44.6 Å². The van der Waals surface area contributed by atoms with E-state index >= 15 is 0 Å². The Morgan fingerprint density at radius 2 is 1.86 bits per heavy atom. The summed E-state index contributed by atoms with van der Waals surface area (Å²) in [6, 6.07) is 16.1. The van der Waals surface area contributed by atoms with Crippen LogP contribution in [0.3, 0.4) is 0 Å². The molecule has 1 atom stereocenters. The molecule has 2 aromatic carbocycles. The topological polar surface area (TPSA) is 108 Å². The molecule has 0 bridgehead atoms. The van der Waals surface area contributed by atoms with Gasteiger partial charge in [0.25, 0.3) is 5.91 Å². The number of aromatic amines is 1. The minimum absolute atomic E-state index is 0.0121. The number of nitrogens with zero attached hydrogens (tertiary/aromatic N) is 4. The highest BCUT2D eigenvalue weighted by atomic mass is 35.5. The first kappa shape index (κ1) is 28.3. The van der Waals surface area contributed by atoms with Gasteiger partial charge in [0.1, 0.15) is 17.2 Å². The van der Waals surface area contributed by atoms with E-state index in [1.165, 1.54) is 0 Å². The zero-order valence-electron chi connectivity index (χ0n) is 23.9. The number of ether oxygens (including phenoxy) is 2. The SMILES string of the molecule is COc1cc(C(=O)N2CCC(N3CCOCC3)CC2)ccc1Nc1nc(N[C@@H](C)c2ccccc2)c2c(Cl)c[nH]c2n1. The molecule has 0 unspecified atom stereocenters. The predicted molar refractivity (Wildman–Crippen MR) is 165 cm³/mol. The number of anilines is 3. The van der Waals surface area contributed by atoms with E-state index in [9.17, 15) is 4.79 Å². The number of hydrogen-bond acceptors (Lipinski definition) is 8. The molecule has 3 N–H and O–H groups in total. The number of piperidine rings is 1. The number of morpholine rings is 1. The van der Waals surface area contributed by atoms with Gasteiger partial charge in [-0.15, -0.1) is 0 Å². The lowest BCUT2D eigenvalue weighted by Gasteiger charge is -2.40. The van der Waals surface area contributed by atoms with E-state index in [0.29, 0.717) is 45.5 Å². The van der Waals surface area contributed by atoms with Crippen LogP contribution in [0.1, 0.15) is 41.7 Å². The molecule has 2 aromatic heterocycles. The van der Waals surface area contributed by atoms with Crippen LogP contribution in [-0.2, 0) is 4.74 Å². The molecule has 220 valence electrons. The summed E-state index contributed by atoms with van der Waals surface area (Å²) in [4.78, 5) is 30.4. The first-order chi connectivity index (χ1) is 20.5. The maximum Gasteiger partial charge on any atom is 0.253 e. The number of benzene rings is 2. The molecule has 10 nitrogen and oxygen atoms in total. The van der Waals surface area contributed by atoms with Crippen LogP contribution in [0.15, 0.2) is 54.7 Å². The third-order valence-corrected chi connectivity index (χ3v) is 8.44. The number of likely N-dealkylation sites (tertiary alicyclic amines) is 1. The second-order valence-corrected chi connectivity index (χ2v) is 11.2. The molecule has 0 aliphatic carbocycles. The van der Waals surface area contributed by atoms with Gasteiger partial charge in [-0.2, -0.15) is 9.97 Å². The first-order valence-electron chi connectivity index (χ1n) is 14.4. The number of carbonyl (C=O) groups is 1. The molecule has 42 heavy (non-hydrogen) atoms. The highest BCUT2D eigenvalue weighted by Gasteiger charge is 2.28. The normalized spacial score (nSPS) is 17.3. The number of rotatable bonds is 8. The lowest BCUT2D eigenvalue weighted by molar-refractivity contribution is 0.00159. The van der Waals surface area contributed by atoms with Gasteiger partial charge in [0.15, 0.2) is 0 Å². The molecule has 11 heteroatoms. The Kier molecular flexibility index (Phi) is 8.46. The number of aromatic nitrogens is 3. The average molecular weight is 590 g/mol. The molecule has 4 aromatic rings. The lowest BCUT2D eigenvalue weighted by Crippen LogP contribution is -2.50. The summed E-state index contributed by atoms with van der Waals surface area (Å²) < 4.78 is 11.2. The monoisotopic (exact) mass is 589 g/mol. The van der Waals surface area contributed by atoms with Gasteiger partial charge in [0.2, 0.25) is 5.95 Å². The van der Waals surface area contributed by atoms with Crippen molar-refractivity contribution >= 4 is 46.0 Å². The van der Waals surface area contributed by atoms with Crippen molar-refractivity contribution in [1.82, 2.24) is 24.8 Å². The van der Waals surface area contributed by atoms with E-state index in [0.717, 1.165) is 63.2 Å². The second kappa shape index (κ2) is 12.6. The largest absolute Gasteiger partial charge is 0.495 e. The summed E-state index contributed by atoms with van der Waals surface area (Å²) in [7, 11) is 1.59. The Hall–Kier alpha value is -3.86. The van der Waals surface area contributed by atoms with Gasteiger partial charge in [-0.1, -0.05) is 41.9 Å². The first-order valence-corrected chi connectivity index (χ1v) is 14.8. The molecule has 1 amide bonds. The summed E-state index contributed by atoms with van der Waals surface area (Å²) in [6.45, 7) is 7.09. The van der Waals surface area contributed by atoms with Gasteiger partial charge in [-0.25, -0.2) is 0 Å². The van der Waals surface area contributed by atoms with Crippen LogP contribution in [0.25, 0.3) is 11.0 Å². The summed E-state index contributed by atoms with van der Waals surface area (Å²) in [5, 5.41) is 8.01. The van der Waals surface area contributed by atoms with E-state index in [1.54, 1.807) is 19.4 Å². The van der Waals surface area contributed by atoms with Crippen molar-refractivity contribution in [3.8, 4) is 5.75 Å². The zero-order valence-corrected chi connectivity index (χ0v) is 24.7. The van der Waals surface area contributed by atoms with Crippen molar-refractivity contribution < 1.29 is 14.3 Å². The van der Waals surface area contributed by atoms with E-state index in [1.807, 2.05) is 35.2 Å². The van der Waals surface area contributed by atoms with Gasteiger partial charge < -0.3 is 30.0 Å². The molecule has 2 fully saturated rings. The number of hydrogen-bond donors (Lipinski definition) is 3. The van der Waals surface area contributed by atoms with Crippen molar-refractivity contribution in [3.05, 3.63) is 70.9 Å². The van der Waals surface area contributed by atoms with Gasteiger partial charge in [-0.3, -0.25) is 9.69 Å². The molecular weight excluding hydrogens is 554 g/mol. The van der Waals surface area contributed by atoms with Crippen LogP contribution in [0.4, 0.5) is 17.5 Å². The van der Waals surface area contributed by atoms with Crippen molar-refractivity contribution in [2.45, 2.75) is 31.8 Å². The third kappa shape index (κ3) is 6.01. The van der Waals surface area contributed by atoms with Crippen molar-refractivity contribution in [2.75, 3.05) is 57.1 Å². The predicted octanol–water partition coefficient (Wildman–Crippen LogP) is 5.47. The van der Waals surface area contributed by atoms with Crippen molar-refractivity contribution in [2.24, 2.45) is 0 Å². The second-order valence-electron chi connectivity index (χ2n) is 10.7. The molecular formula is C31H36ClN7O3. The smallest absolute Gasteiger partial charge is 0.253 e. The summed E-state index contributed by atoms with van der Waals surface area (Å²) >= 11 is 6.49. The van der Waals surface area contributed by atoms with Crippen LogP contribution in [-0.4, -0.2) is 83.2 Å². The number of H-pyrrole nitrogens is 1. The molecule has 6 rings (SSSR count). The Balaban J connectivity index is 1.18. The quantitative estimate of drug-likeness (QED) is 0.248. The molecule has 2 saturated heterocycles. The van der Waals surface area contributed by atoms with Crippen LogP contribution in [0, 0.1) is 0 Å². The average Bonchev–Trinajstić information content (AvgIpc) is 3.42. The number of carbonyl (C=O) groups excluding carboxylic acids is 1. The highest BCUT2D eigenvalue weighted by Crippen LogP contribution is 2.34. The van der Waals surface area contributed by atoms with Gasteiger partial charge in [0, 0.05) is 50.0 Å². The number of amides is 1. The summed E-state index contributed by atoms with van der Waals surface area (Å²) in [5.74, 6) is 1.52. The fraction of sp³-hybridized carbons (Fsp3) is 0.387. The maximum atomic E-state index is 13.4. The molecule has 0 radical (unpaired) electrons. The van der Waals surface area contributed by atoms with Crippen molar-refractivity contribution in [1.29, 1.82) is 0 Å². The van der Waals surface area contributed by atoms with Crippen LogP contribution in [0.2, 0.25) is 5.02 Å². The van der Waals surface area contributed by atoms with E-state index < -0.39 is 0 Å².